The van der Waals surface area contributed by atoms with Crippen molar-refractivity contribution < 1.29 is 9.13 Å². The molecule has 2 aliphatic carbocycles. The smallest absolute Gasteiger partial charge is 0.129 e. The van der Waals surface area contributed by atoms with Crippen LogP contribution in [0.15, 0.2) is 24.3 Å². The zero-order valence-corrected chi connectivity index (χ0v) is 11.3. The van der Waals surface area contributed by atoms with E-state index >= 15 is 0 Å². The molecular formula is C16H22FNO. The monoisotopic (exact) mass is 263 g/mol. The summed E-state index contributed by atoms with van der Waals surface area (Å²) in [7, 11) is 0. The average Bonchev–Trinajstić information content (AvgIpc) is 3.28. The molecule has 3 heteroatoms. The number of hydrogen-bond acceptors (Lipinski definition) is 2. The van der Waals surface area contributed by atoms with E-state index in [1.54, 1.807) is 6.07 Å². The average molecular weight is 263 g/mol. The molecule has 0 bridgehead atoms. The van der Waals surface area contributed by atoms with Crippen LogP contribution in [-0.2, 0) is 4.74 Å². The molecule has 1 aromatic rings. The van der Waals surface area contributed by atoms with Crippen LogP contribution in [-0.4, -0.2) is 19.2 Å². The summed E-state index contributed by atoms with van der Waals surface area (Å²) in [6.07, 6.45) is 6.13. The Balaban J connectivity index is 1.57. The minimum absolute atomic E-state index is 0.152. The number of rotatable bonds is 8. The van der Waals surface area contributed by atoms with Crippen LogP contribution in [0.1, 0.15) is 43.8 Å². The van der Waals surface area contributed by atoms with Crippen molar-refractivity contribution in [3.05, 3.63) is 35.6 Å². The topological polar surface area (TPSA) is 21.3 Å². The fourth-order valence-electron chi connectivity index (χ4n) is 2.34. The van der Waals surface area contributed by atoms with Gasteiger partial charge in [-0.3, -0.25) is 0 Å². The van der Waals surface area contributed by atoms with Crippen molar-refractivity contribution in [2.24, 2.45) is 5.92 Å². The molecular weight excluding hydrogens is 241 g/mol. The summed E-state index contributed by atoms with van der Waals surface area (Å²) in [4.78, 5) is 0. The van der Waals surface area contributed by atoms with Gasteiger partial charge in [0.1, 0.15) is 5.82 Å². The van der Waals surface area contributed by atoms with Crippen LogP contribution in [0.3, 0.4) is 0 Å². The highest BCUT2D eigenvalue weighted by molar-refractivity contribution is 5.20. The zero-order valence-electron chi connectivity index (χ0n) is 11.3. The van der Waals surface area contributed by atoms with Gasteiger partial charge in [0.25, 0.3) is 0 Å². The number of benzene rings is 1. The second kappa shape index (κ2) is 6.02. The largest absolute Gasteiger partial charge is 0.372 e. The minimum Gasteiger partial charge on any atom is -0.372 e. The quantitative estimate of drug-likeness (QED) is 0.776. The Labute approximate surface area is 114 Å². The molecule has 0 spiro atoms. The molecule has 19 heavy (non-hydrogen) atoms. The number of halogens is 1. The Kier molecular flexibility index (Phi) is 4.14. The summed E-state index contributed by atoms with van der Waals surface area (Å²) < 4.78 is 19.8. The Morgan fingerprint density at radius 2 is 2.00 bits per heavy atom. The Bertz CT molecular complexity index is 415. The third-order valence-corrected chi connectivity index (χ3v) is 3.96. The Hall–Kier alpha value is -0.930. The van der Waals surface area contributed by atoms with Gasteiger partial charge in [-0.25, -0.2) is 4.39 Å². The van der Waals surface area contributed by atoms with E-state index in [0.29, 0.717) is 11.6 Å². The lowest BCUT2D eigenvalue weighted by Gasteiger charge is -2.19. The van der Waals surface area contributed by atoms with Gasteiger partial charge < -0.3 is 10.1 Å². The highest BCUT2D eigenvalue weighted by Gasteiger charge is 2.25. The maximum atomic E-state index is 13.9. The van der Waals surface area contributed by atoms with Gasteiger partial charge in [-0.15, -0.1) is 0 Å². The summed E-state index contributed by atoms with van der Waals surface area (Å²) in [6, 6.07) is 7.60. The van der Waals surface area contributed by atoms with Crippen LogP contribution in [0.4, 0.5) is 4.39 Å². The lowest BCUT2D eigenvalue weighted by Crippen LogP contribution is -2.26. The molecule has 3 rings (SSSR count). The van der Waals surface area contributed by atoms with Gasteiger partial charge in [-0.2, -0.15) is 0 Å². The highest BCUT2D eigenvalue weighted by atomic mass is 19.1. The van der Waals surface area contributed by atoms with Crippen molar-refractivity contribution in [3.63, 3.8) is 0 Å². The van der Waals surface area contributed by atoms with E-state index in [0.717, 1.165) is 25.5 Å². The van der Waals surface area contributed by atoms with E-state index in [1.807, 2.05) is 12.1 Å². The molecule has 104 valence electrons. The second-order valence-electron chi connectivity index (χ2n) is 5.80. The zero-order chi connectivity index (χ0) is 13.1. The van der Waals surface area contributed by atoms with E-state index < -0.39 is 0 Å². The van der Waals surface area contributed by atoms with E-state index in [9.17, 15) is 4.39 Å². The SMILES string of the molecule is Fc1ccccc1C(CNC1CC1)OCCC1CC1. The predicted octanol–water partition coefficient (Wildman–Crippen LogP) is 3.44. The van der Waals surface area contributed by atoms with Crippen LogP contribution in [0.5, 0.6) is 0 Å². The van der Waals surface area contributed by atoms with E-state index in [2.05, 4.69) is 5.32 Å². The van der Waals surface area contributed by atoms with E-state index in [4.69, 9.17) is 4.74 Å². The molecule has 2 aliphatic rings. The summed E-state index contributed by atoms with van der Waals surface area (Å²) >= 11 is 0. The fourth-order valence-corrected chi connectivity index (χ4v) is 2.34. The number of ether oxygens (including phenoxy) is 1. The third kappa shape index (κ3) is 4.02. The molecule has 1 aromatic carbocycles. The molecule has 0 amide bonds. The molecule has 0 aliphatic heterocycles. The van der Waals surface area contributed by atoms with Crippen molar-refractivity contribution >= 4 is 0 Å². The molecule has 2 saturated carbocycles. The van der Waals surface area contributed by atoms with Crippen LogP contribution in [0, 0.1) is 11.7 Å². The molecule has 2 fully saturated rings. The standard InChI is InChI=1S/C16H22FNO/c17-15-4-2-1-3-14(15)16(11-18-13-7-8-13)19-10-9-12-5-6-12/h1-4,12-13,16,18H,5-11H2. The van der Waals surface area contributed by atoms with Gasteiger partial charge >= 0.3 is 0 Å². The lowest BCUT2D eigenvalue weighted by atomic mass is 10.1. The van der Waals surface area contributed by atoms with Crippen molar-refractivity contribution in [3.8, 4) is 0 Å². The fraction of sp³-hybridized carbons (Fsp3) is 0.625. The number of nitrogens with one attached hydrogen (secondary N) is 1. The molecule has 1 atom stereocenters. The first-order chi connectivity index (χ1) is 9.33. The van der Waals surface area contributed by atoms with Gasteiger partial charge in [0, 0.05) is 24.8 Å². The van der Waals surface area contributed by atoms with Crippen molar-refractivity contribution in [2.45, 2.75) is 44.2 Å². The molecule has 0 saturated heterocycles. The molecule has 0 aromatic heterocycles. The summed E-state index contributed by atoms with van der Waals surface area (Å²) in [5, 5.41) is 3.44. The molecule has 0 heterocycles. The second-order valence-corrected chi connectivity index (χ2v) is 5.80. The van der Waals surface area contributed by atoms with Crippen LogP contribution < -0.4 is 5.32 Å². The normalized spacial score (nSPS) is 20.5. The molecule has 1 unspecified atom stereocenters. The van der Waals surface area contributed by atoms with Gasteiger partial charge in [0.05, 0.1) is 6.10 Å². The van der Waals surface area contributed by atoms with Crippen molar-refractivity contribution in [1.29, 1.82) is 0 Å². The van der Waals surface area contributed by atoms with Crippen molar-refractivity contribution in [2.75, 3.05) is 13.2 Å². The van der Waals surface area contributed by atoms with Gasteiger partial charge in [-0.1, -0.05) is 31.0 Å². The van der Waals surface area contributed by atoms with Gasteiger partial charge in [0.2, 0.25) is 0 Å². The summed E-state index contributed by atoms with van der Waals surface area (Å²) in [6.45, 7) is 1.46. The predicted molar refractivity (Wildman–Crippen MR) is 73.5 cm³/mol. The van der Waals surface area contributed by atoms with Crippen LogP contribution in [0.25, 0.3) is 0 Å². The highest BCUT2D eigenvalue weighted by Crippen LogP contribution is 2.33. The molecule has 2 nitrogen and oxygen atoms in total. The molecule has 1 N–H and O–H groups in total. The lowest BCUT2D eigenvalue weighted by molar-refractivity contribution is 0.0460. The molecule has 0 radical (unpaired) electrons. The Morgan fingerprint density at radius 3 is 2.68 bits per heavy atom. The van der Waals surface area contributed by atoms with E-state index in [1.165, 1.54) is 31.7 Å². The maximum Gasteiger partial charge on any atom is 0.129 e. The first-order valence-corrected chi connectivity index (χ1v) is 7.42. The van der Waals surface area contributed by atoms with Crippen LogP contribution in [0.2, 0.25) is 0 Å². The first kappa shape index (κ1) is 13.1. The minimum atomic E-state index is -0.156. The van der Waals surface area contributed by atoms with Gasteiger partial charge in [0.15, 0.2) is 0 Å². The van der Waals surface area contributed by atoms with Gasteiger partial charge in [-0.05, 0) is 31.2 Å². The van der Waals surface area contributed by atoms with E-state index in [-0.39, 0.29) is 11.9 Å². The summed E-state index contributed by atoms with van der Waals surface area (Å²) in [5.74, 6) is 0.703. The first-order valence-electron chi connectivity index (χ1n) is 7.42. The van der Waals surface area contributed by atoms with Crippen molar-refractivity contribution in [1.82, 2.24) is 5.32 Å². The Morgan fingerprint density at radius 1 is 1.21 bits per heavy atom. The number of hydrogen-bond donors (Lipinski definition) is 1. The van der Waals surface area contributed by atoms with Crippen LogP contribution >= 0.6 is 0 Å². The summed E-state index contributed by atoms with van der Waals surface area (Å²) in [5.41, 5.74) is 0.687. The maximum absolute atomic E-state index is 13.9. The third-order valence-electron chi connectivity index (χ3n) is 3.96.